The summed E-state index contributed by atoms with van der Waals surface area (Å²) in [6.07, 6.45) is 3.05. The SMILES string of the molecule is O=C(c1ccnc(F)c1Nc1ccc(I)cc1F)N1CC(O)([C@@H]2CCCN2)C1. The number of aromatic nitrogens is 1. The molecule has 1 amide bonds. The van der Waals surface area contributed by atoms with Gasteiger partial charge in [0.25, 0.3) is 5.91 Å². The van der Waals surface area contributed by atoms with Crippen molar-refractivity contribution < 1.29 is 18.7 Å². The van der Waals surface area contributed by atoms with Gasteiger partial charge >= 0.3 is 0 Å². The largest absolute Gasteiger partial charge is 0.385 e. The van der Waals surface area contributed by atoms with Crippen LogP contribution in [-0.4, -0.2) is 52.2 Å². The average molecular weight is 500 g/mol. The Kier molecular flexibility index (Phi) is 5.23. The Bertz CT molecular complexity index is 915. The van der Waals surface area contributed by atoms with E-state index in [4.69, 9.17) is 0 Å². The molecule has 1 aromatic carbocycles. The van der Waals surface area contributed by atoms with Crippen molar-refractivity contribution in [1.29, 1.82) is 0 Å². The first kappa shape index (κ1) is 19.5. The van der Waals surface area contributed by atoms with Gasteiger partial charge in [0.2, 0.25) is 5.95 Å². The molecular weight excluding hydrogens is 481 g/mol. The van der Waals surface area contributed by atoms with E-state index in [1.807, 2.05) is 22.6 Å². The van der Waals surface area contributed by atoms with E-state index in [9.17, 15) is 18.7 Å². The minimum atomic E-state index is -0.965. The lowest BCUT2D eigenvalue weighted by atomic mass is 9.84. The molecule has 4 rings (SSSR count). The molecule has 1 aromatic heterocycles. The van der Waals surface area contributed by atoms with Crippen molar-refractivity contribution in [2.75, 3.05) is 25.0 Å². The number of pyridine rings is 1. The molecule has 0 saturated carbocycles. The Labute approximate surface area is 174 Å². The third-order valence-electron chi connectivity index (χ3n) is 5.25. The van der Waals surface area contributed by atoms with E-state index in [1.54, 1.807) is 6.07 Å². The third kappa shape index (κ3) is 3.58. The van der Waals surface area contributed by atoms with E-state index in [0.717, 1.165) is 19.4 Å². The molecule has 0 aliphatic carbocycles. The smallest absolute Gasteiger partial charge is 0.256 e. The maximum atomic E-state index is 14.4. The van der Waals surface area contributed by atoms with Crippen molar-refractivity contribution >= 4 is 39.9 Å². The van der Waals surface area contributed by atoms with Gasteiger partial charge in [0.15, 0.2) is 0 Å². The summed E-state index contributed by atoms with van der Waals surface area (Å²) in [6.45, 7) is 1.20. The zero-order chi connectivity index (χ0) is 19.9. The Hall–Kier alpha value is -1.85. The average Bonchev–Trinajstić information content (AvgIpc) is 3.17. The highest BCUT2D eigenvalue weighted by atomic mass is 127. The summed E-state index contributed by atoms with van der Waals surface area (Å²) in [5.74, 6) is -1.88. The van der Waals surface area contributed by atoms with Gasteiger partial charge in [-0.15, -0.1) is 0 Å². The Morgan fingerprint density at radius 3 is 2.82 bits per heavy atom. The van der Waals surface area contributed by atoms with Crippen LogP contribution < -0.4 is 10.6 Å². The highest BCUT2D eigenvalue weighted by molar-refractivity contribution is 14.1. The Balaban J connectivity index is 1.55. The number of carbonyl (C=O) groups excluding carboxylic acids is 1. The summed E-state index contributed by atoms with van der Waals surface area (Å²) >= 11 is 1.97. The van der Waals surface area contributed by atoms with E-state index in [2.05, 4.69) is 15.6 Å². The molecule has 9 heteroatoms. The van der Waals surface area contributed by atoms with Crippen molar-refractivity contribution in [3.05, 3.63) is 51.4 Å². The first-order valence-corrected chi connectivity index (χ1v) is 10.1. The van der Waals surface area contributed by atoms with Gasteiger partial charge in [-0.1, -0.05) is 0 Å². The fourth-order valence-electron chi connectivity index (χ4n) is 3.75. The van der Waals surface area contributed by atoms with Crippen molar-refractivity contribution in [3.63, 3.8) is 0 Å². The molecule has 3 N–H and O–H groups in total. The molecule has 2 fully saturated rings. The summed E-state index contributed by atoms with van der Waals surface area (Å²) in [4.78, 5) is 17.9. The van der Waals surface area contributed by atoms with Crippen LogP contribution in [0.25, 0.3) is 0 Å². The lowest BCUT2D eigenvalue weighted by molar-refractivity contribution is -0.100. The zero-order valence-corrected chi connectivity index (χ0v) is 17.0. The van der Waals surface area contributed by atoms with Gasteiger partial charge in [0.1, 0.15) is 17.1 Å². The molecule has 0 bridgehead atoms. The predicted octanol–water partition coefficient (Wildman–Crippen LogP) is 2.65. The molecule has 2 aliphatic rings. The Morgan fingerprint density at radius 1 is 1.36 bits per heavy atom. The molecular formula is C19H19F2IN4O2. The van der Waals surface area contributed by atoms with Crippen molar-refractivity contribution in [2.45, 2.75) is 24.5 Å². The fourth-order valence-corrected chi connectivity index (χ4v) is 4.20. The number of halogens is 3. The number of hydrogen-bond donors (Lipinski definition) is 3. The lowest BCUT2D eigenvalue weighted by Gasteiger charge is -2.49. The number of amides is 1. The van der Waals surface area contributed by atoms with Crippen molar-refractivity contribution in [3.8, 4) is 0 Å². The first-order chi connectivity index (χ1) is 13.4. The van der Waals surface area contributed by atoms with Crippen LogP contribution in [0, 0.1) is 15.3 Å². The molecule has 6 nitrogen and oxygen atoms in total. The van der Waals surface area contributed by atoms with E-state index < -0.39 is 23.3 Å². The van der Waals surface area contributed by atoms with Gasteiger partial charge in [-0.25, -0.2) is 9.37 Å². The lowest BCUT2D eigenvalue weighted by Crippen LogP contribution is -2.70. The number of β-amino-alcohol motifs (C(OH)–C–C–N with tert-alkyl or cyclic N) is 1. The number of anilines is 2. The summed E-state index contributed by atoms with van der Waals surface area (Å²) in [5.41, 5.74) is -1.04. The third-order valence-corrected chi connectivity index (χ3v) is 5.92. The number of nitrogens with zero attached hydrogens (tertiary/aromatic N) is 2. The first-order valence-electron chi connectivity index (χ1n) is 8.99. The van der Waals surface area contributed by atoms with Gasteiger partial charge < -0.3 is 20.6 Å². The van der Waals surface area contributed by atoms with Crippen molar-refractivity contribution in [1.82, 2.24) is 15.2 Å². The van der Waals surface area contributed by atoms with Crippen LogP contribution >= 0.6 is 22.6 Å². The maximum Gasteiger partial charge on any atom is 0.256 e. The molecule has 2 aromatic rings. The topological polar surface area (TPSA) is 77.5 Å². The standard InChI is InChI=1S/C19H19F2IN4O2/c20-13-8-11(22)3-4-14(13)25-16-12(5-7-24-17(16)21)18(27)26-9-19(28,10-26)15-2-1-6-23-15/h3-5,7-8,15,23,25,28H,1-2,6,9-10H2/t15-/m0/s1. The summed E-state index contributed by atoms with van der Waals surface area (Å²) in [5, 5.41) is 16.6. The molecule has 3 heterocycles. The minimum Gasteiger partial charge on any atom is -0.385 e. The molecule has 2 saturated heterocycles. The second-order valence-corrected chi connectivity index (χ2v) is 8.43. The van der Waals surface area contributed by atoms with Crippen LogP contribution in [0.15, 0.2) is 30.5 Å². The second-order valence-electron chi connectivity index (χ2n) is 7.19. The van der Waals surface area contributed by atoms with Crippen LogP contribution in [0.5, 0.6) is 0 Å². The number of benzene rings is 1. The molecule has 0 spiro atoms. The maximum absolute atomic E-state index is 14.4. The van der Waals surface area contributed by atoms with Crippen LogP contribution in [0.4, 0.5) is 20.2 Å². The normalized spacial score (nSPS) is 20.7. The number of aliphatic hydroxyl groups is 1. The number of likely N-dealkylation sites (tertiary alicyclic amines) is 1. The van der Waals surface area contributed by atoms with E-state index in [0.29, 0.717) is 3.57 Å². The molecule has 28 heavy (non-hydrogen) atoms. The van der Waals surface area contributed by atoms with Gasteiger partial charge in [0.05, 0.1) is 24.3 Å². The fraction of sp³-hybridized carbons (Fsp3) is 0.368. The summed E-state index contributed by atoms with van der Waals surface area (Å²) in [6, 6.07) is 5.81. The summed E-state index contributed by atoms with van der Waals surface area (Å²) in [7, 11) is 0. The van der Waals surface area contributed by atoms with Gasteiger partial charge in [-0.3, -0.25) is 4.79 Å². The van der Waals surface area contributed by atoms with E-state index in [1.165, 1.54) is 29.3 Å². The van der Waals surface area contributed by atoms with Crippen molar-refractivity contribution in [2.24, 2.45) is 0 Å². The van der Waals surface area contributed by atoms with E-state index >= 15 is 0 Å². The highest BCUT2D eigenvalue weighted by Crippen LogP contribution is 2.33. The monoisotopic (exact) mass is 500 g/mol. The van der Waals surface area contributed by atoms with Crippen LogP contribution in [0.2, 0.25) is 0 Å². The Morgan fingerprint density at radius 2 is 2.14 bits per heavy atom. The number of hydrogen-bond acceptors (Lipinski definition) is 5. The number of rotatable bonds is 4. The van der Waals surface area contributed by atoms with Crippen LogP contribution in [0.1, 0.15) is 23.2 Å². The number of carbonyl (C=O) groups is 1. The molecule has 1 atom stereocenters. The van der Waals surface area contributed by atoms with Gasteiger partial charge in [-0.2, -0.15) is 4.39 Å². The molecule has 0 unspecified atom stereocenters. The highest BCUT2D eigenvalue weighted by Gasteiger charge is 2.50. The predicted molar refractivity (Wildman–Crippen MR) is 108 cm³/mol. The molecule has 0 radical (unpaired) electrons. The molecule has 2 aliphatic heterocycles. The number of nitrogens with one attached hydrogen (secondary N) is 2. The second kappa shape index (κ2) is 7.53. The quantitative estimate of drug-likeness (QED) is 0.445. The zero-order valence-electron chi connectivity index (χ0n) is 14.9. The van der Waals surface area contributed by atoms with E-state index in [-0.39, 0.29) is 36.1 Å². The minimum absolute atomic E-state index is 0.0378. The van der Waals surface area contributed by atoms with Gasteiger partial charge in [0, 0.05) is 15.8 Å². The van der Waals surface area contributed by atoms with Crippen LogP contribution in [-0.2, 0) is 0 Å². The molecule has 148 valence electrons. The van der Waals surface area contributed by atoms with Gasteiger partial charge in [-0.05, 0) is 66.2 Å². The summed E-state index contributed by atoms with van der Waals surface area (Å²) < 4.78 is 29.2. The van der Waals surface area contributed by atoms with Crippen LogP contribution in [0.3, 0.4) is 0 Å².